The van der Waals surface area contributed by atoms with E-state index in [9.17, 15) is 15.0 Å². The molecule has 5 heteroatoms. The third kappa shape index (κ3) is 2.57. The second kappa shape index (κ2) is 5.60. The molecule has 16 heavy (non-hydrogen) atoms. The molecular formula is C11H15NO4. The number of hydrogen-bond donors (Lipinski definition) is 3. The van der Waals surface area contributed by atoms with Crippen molar-refractivity contribution in [2.45, 2.75) is 18.8 Å². The van der Waals surface area contributed by atoms with Crippen molar-refractivity contribution in [2.75, 3.05) is 7.11 Å². The Balaban J connectivity index is 2.95. The van der Waals surface area contributed by atoms with Crippen LogP contribution in [0.2, 0.25) is 0 Å². The van der Waals surface area contributed by atoms with E-state index in [0.29, 0.717) is 11.1 Å². The molecule has 1 aromatic carbocycles. The molecule has 5 nitrogen and oxygen atoms in total. The Hall–Kier alpha value is -1.43. The lowest BCUT2D eigenvalue weighted by atomic mass is 9.99. The van der Waals surface area contributed by atoms with Gasteiger partial charge in [0.2, 0.25) is 0 Å². The Labute approximate surface area is 93.5 Å². The first-order chi connectivity index (χ1) is 7.61. The van der Waals surface area contributed by atoms with Crippen LogP contribution < -0.4 is 5.73 Å². The first-order valence-electron chi connectivity index (χ1n) is 4.83. The topological polar surface area (TPSA) is 92.8 Å². The lowest BCUT2D eigenvalue weighted by molar-refractivity contribution is -0.156. The van der Waals surface area contributed by atoms with Crippen molar-refractivity contribution in [3.63, 3.8) is 0 Å². The number of carbonyl (C=O) groups is 1. The summed E-state index contributed by atoms with van der Waals surface area (Å²) in [6, 6.07) is 6.80. The number of ether oxygens (including phenoxy) is 1. The third-order valence-electron chi connectivity index (χ3n) is 2.34. The van der Waals surface area contributed by atoms with Crippen LogP contribution in [-0.4, -0.2) is 29.4 Å². The number of aliphatic hydroxyl groups is 2. The average molecular weight is 225 g/mol. The molecule has 4 N–H and O–H groups in total. The van der Waals surface area contributed by atoms with Gasteiger partial charge in [0.25, 0.3) is 0 Å². The highest BCUT2D eigenvalue weighted by Gasteiger charge is 2.27. The minimum absolute atomic E-state index is 0.223. The van der Waals surface area contributed by atoms with Crippen molar-refractivity contribution < 1.29 is 19.7 Å². The van der Waals surface area contributed by atoms with E-state index in [4.69, 9.17) is 5.73 Å². The van der Waals surface area contributed by atoms with Crippen molar-refractivity contribution in [3.8, 4) is 0 Å². The number of esters is 1. The van der Waals surface area contributed by atoms with Crippen LogP contribution in [0.1, 0.15) is 17.2 Å². The lowest BCUT2D eigenvalue weighted by Gasteiger charge is -2.18. The Kier molecular flexibility index (Phi) is 4.42. The van der Waals surface area contributed by atoms with Crippen LogP contribution in [0.25, 0.3) is 0 Å². The van der Waals surface area contributed by atoms with Gasteiger partial charge in [0.1, 0.15) is 6.10 Å². The molecule has 0 amide bonds. The molecule has 1 rings (SSSR count). The minimum Gasteiger partial charge on any atom is -0.467 e. The summed E-state index contributed by atoms with van der Waals surface area (Å²) in [6.45, 7) is 0.223. The molecule has 0 aliphatic carbocycles. The van der Waals surface area contributed by atoms with Crippen LogP contribution in [0, 0.1) is 0 Å². The van der Waals surface area contributed by atoms with Crippen molar-refractivity contribution in [3.05, 3.63) is 35.4 Å². The largest absolute Gasteiger partial charge is 0.467 e. The number of methoxy groups -OCH3 is 1. The van der Waals surface area contributed by atoms with E-state index in [1.807, 2.05) is 0 Å². The summed E-state index contributed by atoms with van der Waals surface area (Å²) in [5, 5.41) is 19.3. The molecule has 0 aliphatic rings. The van der Waals surface area contributed by atoms with E-state index in [-0.39, 0.29) is 6.54 Å². The summed E-state index contributed by atoms with van der Waals surface area (Å²) in [5.41, 5.74) is 6.60. The van der Waals surface area contributed by atoms with Gasteiger partial charge in [0.15, 0.2) is 6.10 Å². The number of carbonyl (C=O) groups excluding carboxylic acids is 1. The van der Waals surface area contributed by atoms with Crippen LogP contribution >= 0.6 is 0 Å². The summed E-state index contributed by atoms with van der Waals surface area (Å²) in [5.74, 6) is -0.876. The number of aliphatic hydroxyl groups excluding tert-OH is 2. The van der Waals surface area contributed by atoms with Gasteiger partial charge >= 0.3 is 5.97 Å². The second-order valence-electron chi connectivity index (χ2n) is 3.32. The SMILES string of the molecule is COC(=O)C(O)C(O)c1ccccc1CN. The molecule has 2 unspecified atom stereocenters. The molecule has 0 aliphatic heterocycles. The molecule has 0 aromatic heterocycles. The molecule has 88 valence electrons. The zero-order chi connectivity index (χ0) is 12.1. The average Bonchev–Trinajstić information content (AvgIpc) is 2.35. The van der Waals surface area contributed by atoms with E-state index in [2.05, 4.69) is 4.74 Å². The highest BCUT2D eigenvalue weighted by Crippen LogP contribution is 2.21. The monoisotopic (exact) mass is 225 g/mol. The standard InChI is InChI=1S/C11H15NO4/c1-16-11(15)10(14)9(13)8-5-3-2-4-7(8)6-12/h2-5,9-10,13-14H,6,12H2,1H3. The van der Waals surface area contributed by atoms with Crippen LogP contribution in [0.3, 0.4) is 0 Å². The number of nitrogens with two attached hydrogens (primary N) is 1. The molecule has 0 heterocycles. The van der Waals surface area contributed by atoms with Gasteiger partial charge in [-0.25, -0.2) is 4.79 Å². The quantitative estimate of drug-likeness (QED) is 0.612. The number of rotatable bonds is 4. The predicted octanol–water partition coefficient (Wildman–Crippen LogP) is -0.287. The zero-order valence-electron chi connectivity index (χ0n) is 8.96. The first-order valence-corrected chi connectivity index (χ1v) is 4.83. The van der Waals surface area contributed by atoms with E-state index in [1.165, 1.54) is 0 Å². The maximum Gasteiger partial charge on any atom is 0.337 e. The van der Waals surface area contributed by atoms with E-state index >= 15 is 0 Å². The van der Waals surface area contributed by atoms with E-state index in [0.717, 1.165) is 7.11 Å². The molecule has 0 bridgehead atoms. The fourth-order valence-electron chi connectivity index (χ4n) is 1.43. The maximum absolute atomic E-state index is 11.1. The zero-order valence-corrected chi connectivity index (χ0v) is 8.96. The van der Waals surface area contributed by atoms with Crippen LogP contribution in [0.5, 0.6) is 0 Å². The summed E-state index contributed by atoms with van der Waals surface area (Å²) < 4.78 is 4.35. The minimum atomic E-state index is -1.60. The van der Waals surface area contributed by atoms with E-state index in [1.54, 1.807) is 24.3 Å². The molecule has 0 spiro atoms. The molecule has 1 aromatic rings. The molecule has 0 radical (unpaired) electrons. The van der Waals surface area contributed by atoms with Gasteiger partial charge in [-0.3, -0.25) is 0 Å². The Bertz CT molecular complexity index is 367. The number of hydrogen-bond acceptors (Lipinski definition) is 5. The Morgan fingerprint density at radius 3 is 2.62 bits per heavy atom. The fraction of sp³-hybridized carbons (Fsp3) is 0.364. The third-order valence-corrected chi connectivity index (χ3v) is 2.34. The van der Waals surface area contributed by atoms with Gasteiger partial charge in [0, 0.05) is 6.54 Å². The normalized spacial score (nSPS) is 14.2. The van der Waals surface area contributed by atoms with Crippen LogP contribution in [0.15, 0.2) is 24.3 Å². The highest BCUT2D eigenvalue weighted by atomic mass is 16.5. The van der Waals surface area contributed by atoms with Gasteiger partial charge in [-0.05, 0) is 11.1 Å². The summed E-state index contributed by atoms with van der Waals surface area (Å²) in [7, 11) is 1.15. The number of benzene rings is 1. The Morgan fingerprint density at radius 2 is 2.06 bits per heavy atom. The molecule has 0 saturated heterocycles. The van der Waals surface area contributed by atoms with Crippen LogP contribution in [-0.2, 0) is 16.1 Å². The summed E-state index contributed by atoms with van der Waals surface area (Å²) >= 11 is 0. The molecule has 2 atom stereocenters. The lowest BCUT2D eigenvalue weighted by Crippen LogP contribution is -2.29. The van der Waals surface area contributed by atoms with Crippen molar-refractivity contribution >= 4 is 5.97 Å². The maximum atomic E-state index is 11.1. The van der Waals surface area contributed by atoms with Gasteiger partial charge in [-0.2, -0.15) is 0 Å². The van der Waals surface area contributed by atoms with Gasteiger partial charge in [0.05, 0.1) is 7.11 Å². The van der Waals surface area contributed by atoms with Crippen molar-refractivity contribution in [2.24, 2.45) is 5.73 Å². The van der Waals surface area contributed by atoms with Crippen LogP contribution in [0.4, 0.5) is 0 Å². The van der Waals surface area contributed by atoms with E-state index < -0.39 is 18.2 Å². The summed E-state index contributed by atoms with van der Waals surface area (Å²) in [4.78, 5) is 11.1. The smallest absolute Gasteiger partial charge is 0.337 e. The fourth-order valence-corrected chi connectivity index (χ4v) is 1.43. The van der Waals surface area contributed by atoms with Gasteiger partial charge < -0.3 is 20.7 Å². The molecular weight excluding hydrogens is 210 g/mol. The predicted molar refractivity (Wildman–Crippen MR) is 57.3 cm³/mol. The second-order valence-corrected chi connectivity index (χ2v) is 3.32. The molecule has 0 fully saturated rings. The first kappa shape index (κ1) is 12.6. The highest BCUT2D eigenvalue weighted by molar-refractivity contribution is 5.75. The van der Waals surface area contributed by atoms with Crippen molar-refractivity contribution in [1.29, 1.82) is 0 Å². The molecule has 0 saturated carbocycles. The van der Waals surface area contributed by atoms with Crippen molar-refractivity contribution in [1.82, 2.24) is 0 Å². The Morgan fingerprint density at radius 1 is 1.44 bits per heavy atom. The van der Waals surface area contributed by atoms with Gasteiger partial charge in [-0.15, -0.1) is 0 Å². The summed E-state index contributed by atoms with van der Waals surface area (Å²) in [6.07, 6.45) is -2.93. The van der Waals surface area contributed by atoms with Gasteiger partial charge in [-0.1, -0.05) is 24.3 Å².